The van der Waals surface area contributed by atoms with Crippen molar-refractivity contribution in [3.05, 3.63) is 86.6 Å². The van der Waals surface area contributed by atoms with Gasteiger partial charge in [0.15, 0.2) is 0 Å². The van der Waals surface area contributed by atoms with Gasteiger partial charge in [0.1, 0.15) is 11.7 Å². The number of benzene rings is 1. The number of hydrogen-bond acceptors (Lipinski definition) is 6. The van der Waals surface area contributed by atoms with Crippen LogP contribution in [0.3, 0.4) is 0 Å². The van der Waals surface area contributed by atoms with Crippen molar-refractivity contribution in [1.29, 1.82) is 0 Å². The second-order valence-corrected chi connectivity index (χ2v) is 9.53. The number of rotatable bonds is 6. The quantitative estimate of drug-likeness (QED) is 0.387. The summed E-state index contributed by atoms with van der Waals surface area (Å²) in [4.78, 5) is 39.7. The van der Waals surface area contributed by atoms with Crippen molar-refractivity contribution in [1.82, 2.24) is 19.5 Å². The molecule has 3 aromatic heterocycles. The molecule has 0 saturated heterocycles. The van der Waals surface area contributed by atoms with E-state index in [9.17, 15) is 9.59 Å². The van der Waals surface area contributed by atoms with Gasteiger partial charge in [-0.05, 0) is 38.5 Å². The first kappa shape index (κ1) is 24.6. The van der Waals surface area contributed by atoms with Gasteiger partial charge in [-0.3, -0.25) is 14.5 Å². The smallest absolute Gasteiger partial charge is 0.319 e. The summed E-state index contributed by atoms with van der Waals surface area (Å²) in [7, 11) is 3.01. The second kappa shape index (κ2) is 9.40. The molecule has 4 aromatic rings. The van der Waals surface area contributed by atoms with Crippen LogP contribution in [0.15, 0.2) is 53.6 Å². The summed E-state index contributed by atoms with van der Waals surface area (Å²) in [5.74, 6) is 0.0230. The average molecular weight is 520 g/mol. The number of amides is 1. The Morgan fingerprint density at radius 1 is 1.05 bits per heavy atom. The summed E-state index contributed by atoms with van der Waals surface area (Å²) in [5, 5.41) is 0.328. The van der Waals surface area contributed by atoms with Gasteiger partial charge < -0.3 is 19.0 Å². The van der Waals surface area contributed by atoms with E-state index in [2.05, 4.69) is 19.5 Å². The fourth-order valence-electron chi connectivity index (χ4n) is 4.83. The molecule has 1 aromatic carbocycles. The second-order valence-electron chi connectivity index (χ2n) is 9.09. The Balaban J connectivity index is 1.79. The van der Waals surface area contributed by atoms with Gasteiger partial charge in [-0.2, -0.15) is 4.98 Å². The zero-order chi connectivity index (χ0) is 26.4. The molecule has 0 spiro atoms. The summed E-state index contributed by atoms with van der Waals surface area (Å²) >= 11 is 6.24. The molecule has 1 aliphatic rings. The third-order valence-corrected chi connectivity index (χ3v) is 6.66. The van der Waals surface area contributed by atoms with E-state index in [4.69, 9.17) is 21.1 Å². The Kier molecular flexibility index (Phi) is 6.25. The maximum absolute atomic E-state index is 14.0. The van der Waals surface area contributed by atoms with Crippen molar-refractivity contribution >= 4 is 23.2 Å². The van der Waals surface area contributed by atoms with Crippen LogP contribution in [-0.4, -0.2) is 39.6 Å². The molecule has 5 rings (SSSR count). The number of carbonyl (C=O) groups excluding carboxylic acids is 1. The van der Waals surface area contributed by atoms with E-state index in [1.807, 2.05) is 51.1 Å². The van der Waals surface area contributed by atoms with E-state index in [1.54, 1.807) is 6.20 Å². The number of ether oxygens (including phenoxy) is 2. The van der Waals surface area contributed by atoms with Crippen LogP contribution in [0.4, 0.5) is 5.69 Å². The lowest BCUT2D eigenvalue weighted by atomic mass is 10.0. The van der Waals surface area contributed by atoms with Crippen LogP contribution in [-0.2, 0) is 0 Å². The molecular formula is C27H26ClN5O4. The topological polar surface area (TPSA) is 102 Å². The molecule has 0 saturated carbocycles. The Bertz CT molecular complexity index is 1560. The fourth-order valence-corrected chi connectivity index (χ4v) is 4.99. The number of hydrogen-bond donors (Lipinski definition) is 1. The first-order valence-corrected chi connectivity index (χ1v) is 12.1. The number of anilines is 1. The Morgan fingerprint density at radius 3 is 2.43 bits per heavy atom. The number of nitrogens with zero attached hydrogens (tertiary/aromatic N) is 4. The molecule has 1 aliphatic heterocycles. The average Bonchev–Trinajstić information content (AvgIpc) is 3.40. The Labute approximate surface area is 218 Å². The van der Waals surface area contributed by atoms with Crippen molar-refractivity contribution in [2.24, 2.45) is 0 Å². The molecule has 0 fully saturated rings. The van der Waals surface area contributed by atoms with E-state index in [1.165, 1.54) is 31.4 Å². The number of aromatic amines is 1. The largest absolute Gasteiger partial charge is 0.480 e. The molecule has 1 atom stereocenters. The minimum absolute atomic E-state index is 0.0519. The van der Waals surface area contributed by atoms with Gasteiger partial charge in [0, 0.05) is 18.4 Å². The minimum Gasteiger partial charge on any atom is -0.480 e. The van der Waals surface area contributed by atoms with Crippen LogP contribution >= 0.6 is 11.6 Å². The van der Waals surface area contributed by atoms with Crippen LogP contribution in [0, 0.1) is 6.92 Å². The number of H-pyrrole nitrogens is 1. The summed E-state index contributed by atoms with van der Waals surface area (Å²) < 4.78 is 12.8. The van der Waals surface area contributed by atoms with Gasteiger partial charge in [0.2, 0.25) is 5.88 Å². The van der Waals surface area contributed by atoms with E-state index in [0.29, 0.717) is 22.0 Å². The highest BCUT2D eigenvalue weighted by atomic mass is 35.5. The molecule has 1 unspecified atom stereocenters. The predicted octanol–water partition coefficient (Wildman–Crippen LogP) is 4.94. The van der Waals surface area contributed by atoms with Gasteiger partial charge in [-0.1, -0.05) is 41.4 Å². The van der Waals surface area contributed by atoms with Gasteiger partial charge in [0.05, 0.1) is 41.8 Å². The standard InChI is InChI=1S/C27H26ClN5O4/c1-14(2)32-20(19-13-30-27(37-5)31-25(19)36-4)11-18-23(32)22(16-8-6-15(3)7-9-16)33(26(18)35)21-10-17(28)12-29-24(21)34/h6-14,22H,1-5H3,(H,29,34). The van der Waals surface area contributed by atoms with Gasteiger partial charge in [-0.15, -0.1) is 0 Å². The number of aryl methyl sites for hydroxylation is 1. The Morgan fingerprint density at radius 2 is 1.78 bits per heavy atom. The number of fused-ring (bicyclic) bond motifs is 1. The minimum atomic E-state index is -0.566. The van der Waals surface area contributed by atoms with Crippen molar-refractivity contribution in [3.63, 3.8) is 0 Å². The monoisotopic (exact) mass is 519 g/mol. The molecule has 190 valence electrons. The van der Waals surface area contributed by atoms with E-state index in [0.717, 1.165) is 22.5 Å². The molecule has 4 heterocycles. The molecule has 0 aliphatic carbocycles. The summed E-state index contributed by atoms with van der Waals surface area (Å²) in [6.07, 6.45) is 3.03. The third kappa shape index (κ3) is 4.05. The first-order valence-electron chi connectivity index (χ1n) is 11.7. The highest BCUT2D eigenvalue weighted by Gasteiger charge is 2.44. The molecular weight excluding hydrogens is 494 g/mol. The van der Waals surface area contributed by atoms with Gasteiger partial charge in [-0.25, -0.2) is 4.98 Å². The number of methoxy groups -OCH3 is 2. The first-order chi connectivity index (χ1) is 17.7. The molecule has 1 amide bonds. The summed E-state index contributed by atoms with van der Waals surface area (Å²) in [6.45, 7) is 6.07. The lowest BCUT2D eigenvalue weighted by Crippen LogP contribution is -2.34. The van der Waals surface area contributed by atoms with E-state index in [-0.39, 0.29) is 23.6 Å². The SMILES string of the molecule is COc1ncc(-c2cc3c(n2C(C)C)C(c2ccc(C)cc2)N(c2cc(Cl)c[nH]c2=O)C3=O)c(OC)n1. The molecule has 9 nitrogen and oxygen atoms in total. The highest BCUT2D eigenvalue weighted by molar-refractivity contribution is 6.30. The zero-order valence-electron chi connectivity index (χ0n) is 21.1. The molecule has 0 radical (unpaired) electrons. The normalized spacial score (nSPS) is 14.8. The van der Waals surface area contributed by atoms with Crippen molar-refractivity contribution < 1.29 is 14.3 Å². The van der Waals surface area contributed by atoms with Crippen molar-refractivity contribution in [2.45, 2.75) is 32.9 Å². The van der Waals surface area contributed by atoms with Crippen LogP contribution in [0.5, 0.6) is 11.9 Å². The highest BCUT2D eigenvalue weighted by Crippen LogP contribution is 2.46. The Hall–Kier alpha value is -4.11. The number of carbonyl (C=O) groups is 1. The predicted molar refractivity (Wildman–Crippen MR) is 141 cm³/mol. The maximum Gasteiger partial charge on any atom is 0.319 e. The number of halogens is 1. The summed E-state index contributed by atoms with van der Waals surface area (Å²) in [6, 6.07) is 10.8. The van der Waals surface area contributed by atoms with E-state index >= 15 is 0 Å². The van der Waals surface area contributed by atoms with Crippen molar-refractivity contribution in [2.75, 3.05) is 19.1 Å². The molecule has 10 heteroatoms. The molecule has 0 bridgehead atoms. The van der Waals surface area contributed by atoms with Crippen LogP contribution in [0.1, 0.15) is 53.1 Å². The fraction of sp³-hybridized carbons (Fsp3) is 0.259. The van der Waals surface area contributed by atoms with Crippen LogP contribution < -0.4 is 19.9 Å². The third-order valence-electron chi connectivity index (χ3n) is 6.44. The number of aromatic nitrogens is 4. The molecule has 1 N–H and O–H groups in total. The lowest BCUT2D eigenvalue weighted by Gasteiger charge is -2.28. The summed E-state index contributed by atoms with van der Waals surface area (Å²) in [5.41, 5.74) is 4.31. The number of nitrogens with one attached hydrogen (secondary N) is 1. The van der Waals surface area contributed by atoms with Gasteiger partial charge in [0.25, 0.3) is 11.5 Å². The molecule has 37 heavy (non-hydrogen) atoms. The zero-order valence-corrected chi connectivity index (χ0v) is 21.8. The van der Waals surface area contributed by atoms with Crippen LogP contribution in [0.25, 0.3) is 11.3 Å². The van der Waals surface area contributed by atoms with Crippen LogP contribution in [0.2, 0.25) is 5.02 Å². The van der Waals surface area contributed by atoms with E-state index < -0.39 is 11.6 Å². The van der Waals surface area contributed by atoms with Gasteiger partial charge >= 0.3 is 6.01 Å². The lowest BCUT2D eigenvalue weighted by molar-refractivity contribution is 0.0993. The number of pyridine rings is 1. The maximum atomic E-state index is 14.0. The van der Waals surface area contributed by atoms with Crippen molar-refractivity contribution in [3.8, 4) is 23.1 Å².